The summed E-state index contributed by atoms with van der Waals surface area (Å²) in [4.78, 5) is 40.2. The van der Waals surface area contributed by atoms with Gasteiger partial charge in [0.1, 0.15) is 11.5 Å². The van der Waals surface area contributed by atoms with Crippen LogP contribution in [0.5, 0.6) is 0 Å². The molecule has 0 fully saturated rings. The first-order valence-corrected chi connectivity index (χ1v) is 11.2. The lowest BCUT2D eigenvalue weighted by Gasteiger charge is -2.37. The van der Waals surface area contributed by atoms with E-state index in [1.54, 1.807) is 48.5 Å². The smallest absolute Gasteiger partial charge is 0.355 e. The Balaban J connectivity index is 2.05. The minimum Gasteiger partial charge on any atom is -0.466 e. The molecule has 0 bridgehead atoms. The van der Waals surface area contributed by atoms with E-state index < -0.39 is 23.3 Å². The first-order valence-electron chi connectivity index (χ1n) is 11.2. The Bertz CT molecular complexity index is 1370. The summed E-state index contributed by atoms with van der Waals surface area (Å²) in [6.07, 6.45) is 0. The molecule has 2 heterocycles. The number of allylic oxidation sites excluding steroid dienone is 1. The molecule has 0 saturated heterocycles. The minimum absolute atomic E-state index is 0.0302. The maximum Gasteiger partial charge on any atom is 0.355 e. The van der Waals surface area contributed by atoms with Gasteiger partial charge in [0, 0.05) is 23.2 Å². The SMILES string of the molecule is COC(=O)C1=C(C(=O)OC)N(c2ccc3c(c2)C(C)(C)CNC3=O)C(N)=C(C#N)C1c1ccccc1. The number of carbonyl (C=O) groups excluding carboxylic acids is 3. The van der Waals surface area contributed by atoms with Crippen LogP contribution in [0, 0.1) is 11.3 Å². The van der Waals surface area contributed by atoms with Gasteiger partial charge in [-0.15, -0.1) is 0 Å². The van der Waals surface area contributed by atoms with Gasteiger partial charge in [0.15, 0.2) is 0 Å². The van der Waals surface area contributed by atoms with Crippen LogP contribution in [0.3, 0.4) is 0 Å². The van der Waals surface area contributed by atoms with Crippen LogP contribution in [-0.4, -0.2) is 38.6 Å². The Morgan fingerprint density at radius 2 is 1.78 bits per heavy atom. The number of nitrogens with one attached hydrogen (secondary N) is 1. The van der Waals surface area contributed by atoms with Crippen molar-refractivity contribution >= 4 is 23.5 Å². The van der Waals surface area contributed by atoms with Gasteiger partial charge in [-0.05, 0) is 29.3 Å². The maximum atomic E-state index is 13.2. The van der Waals surface area contributed by atoms with Crippen molar-refractivity contribution in [1.29, 1.82) is 5.26 Å². The highest BCUT2D eigenvalue weighted by molar-refractivity contribution is 6.06. The summed E-state index contributed by atoms with van der Waals surface area (Å²) >= 11 is 0. The van der Waals surface area contributed by atoms with E-state index in [2.05, 4.69) is 11.4 Å². The van der Waals surface area contributed by atoms with Crippen LogP contribution in [-0.2, 0) is 24.5 Å². The van der Waals surface area contributed by atoms with Crippen molar-refractivity contribution in [3.8, 4) is 6.07 Å². The average molecular weight is 487 g/mol. The van der Waals surface area contributed by atoms with Crippen molar-refractivity contribution in [3.63, 3.8) is 0 Å². The van der Waals surface area contributed by atoms with E-state index >= 15 is 0 Å². The van der Waals surface area contributed by atoms with Crippen LogP contribution >= 0.6 is 0 Å². The van der Waals surface area contributed by atoms with Gasteiger partial charge in [-0.25, -0.2) is 9.59 Å². The topological polar surface area (TPSA) is 135 Å². The molecule has 0 saturated carbocycles. The summed E-state index contributed by atoms with van der Waals surface area (Å²) in [6, 6.07) is 15.9. The molecule has 4 rings (SSSR count). The number of nitrogens with two attached hydrogens (primary N) is 1. The number of amides is 1. The number of esters is 2. The van der Waals surface area contributed by atoms with Gasteiger partial charge in [-0.1, -0.05) is 44.2 Å². The van der Waals surface area contributed by atoms with Crippen LogP contribution in [0.2, 0.25) is 0 Å². The molecule has 1 atom stereocenters. The van der Waals surface area contributed by atoms with Crippen LogP contribution in [0.25, 0.3) is 0 Å². The zero-order valence-corrected chi connectivity index (χ0v) is 20.4. The third kappa shape index (κ3) is 3.86. The number of fused-ring (bicyclic) bond motifs is 1. The molecule has 0 radical (unpaired) electrons. The standard InChI is InChI=1S/C27H26N4O5/c1-27(2)14-30-24(32)17-11-10-16(12-19(17)27)31-22(26(34)36-4)21(25(33)35-3)20(18(13-28)23(31)29)15-8-6-5-7-9-15/h5-12,20H,14,29H2,1-4H3,(H,30,32). The molecule has 2 aliphatic rings. The molecule has 36 heavy (non-hydrogen) atoms. The van der Waals surface area contributed by atoms with E-state index in [0.29, 0.717) is 23.4 Å². The van der Waals surface area contributed by atoms with Gasteiger partial charge in [-0.2, -0.15) is 5.26 Å². The molecule has 3 N–H and O–H groups in total. The second-order valence-electron chi connectivity index (χ2n) is 9.13. The van der Waals surface area contributed by atoms with Gasteiger partial charge in [0.2, 0.25) is 0 Å². The van der Waals surface area contributed by atoms with Crippen LogP contribution in [0.4, 0.5) is 5.69 Å². The summed E-state index contributed by atoms with van der Waals surface area (Å²) in [7, 11) is 2.39. The van der Waals surface area contributed by atoms with E-state index in [1.807, 2.05) is 13.8 Å². The van der Waals surface area contributed by atoms with Crippen molar-refractivity contribution in [1.82, 2.24) is 5.32 Å². The number of rotatable bonds is 4. The third-order valence-electron chi connectivity index (χ3n) is 6.54. The van der Waals surface area contributed by atoms with Crippen molar-refractivity contribution < 1.29 is 23.9 Å². The molecular formula is C27H26N4O5. The Morgan fingerprint density at radius 1 is 1.11 bits per heavy atom. The quantitative estimate of drug-likeness (QED) is 0.630. The normalized spacial score (nSPS) is 18.7. The summed E-state index contributed by atoms with van der Waals surface area (Å²) in [5.41, 5.74) is 8.20. The lowest BCUT2D eigenvalue weighted by atomic mass is 9.78. The van der Waals surface area contributed by atoms with Gasteiger partial charge in [-0.3, -0.25) is 9.69 Å². The number of methoxy groups -OCH3 is 2. The predicted octanol–water partition coefficient (Wildman–Crippen LogP) is 2.61. The highest BCUT2D eigenvalue weighted by Gasteiger charge is 2.43. The molecule has 1 unspecified atom stereocenters. The van der Waals surface area contributed by atoms with Gasteiger partial charge >= 0.3 is 11.9 Å². The molecule has 9 heteroatoms. The van der Waals surface area contributed by atoms with Gasteiger partial charge < -0.3 is 20.5 Å². The zero-order chi connectivity index (χ0) is 26.2. The van der Waals surface area contributed by atoms with Gasteiger partial charge in [0.25, 0.3) is 5.91 Å². The summed E-state index contributed by atoms with van der Waals surface area (Å²) in [5, 5.41) is 13.0. The predicted molar refractivity (Wildman–Crippen MR) is 131 cm³/mol. The fourth-order valence-electron chi connectivity index (χ4n) is 4.70. The minimum atomic E-state index is -0.950. The average Bonchev–Trinajstić information content (AvgIpc) is 2.89. The second-order valence-corrected chi connectivity index (χ2v) is 9.13. The molecule has 2 aliphatic heterocycles. The molecule has 184 valence electrons. The number of hydrogen-bond acceptors (Lipinski definition) is 8. The van der Waals surface area contributed by atoms with Crippen LogP contribution in [0.1, 0.15) is 41.3 Å². The first kappa shape index (κ1) is 24.5. The van der Waals surface area contributed by atoms with E-state index in [4.69, 9.17) is 15.2 Å². The van der Waals surface area contributed by atoms with Crippen LogP contribution in [0.15, 0.2) is 71.2 Å². The number of ether oxygens (including phenoxy) is 2. The first-order chi connectivity index (χ1) is 17.2. The van der Waals surface area contributed by atoms with Crippen molar-refractivity contribution in [2.45, 2.75) is 25.2 Å². The summed E-state index contributed by atoms with van der Waals surface area (Å²) < 4.78 is 10.1. The lowest BCUT2D eigenvalue weighted by molar-refractivity contribution is -0.139. The Labute approximate surface area is 208 Å². The third-order valence-corrected chi connectivity index (χ3v) is 6.54. The van der Waals surface area contributed by atoms with Crippen molar-refractivity contribution in [2.75, 3.05) is 25.7 Å². The molecule has 2 aromatic rings. The fourth-order valence-corrected chi connectivity index (χ4v) is 4.70. The molecule has 0 aromatic heterocycles. The molecule has 9 nitrogen and oxygen atoms in total. The Hall–Kier alpha value is -4.58. The van der Waals surface area contributed by atoms with Crippen LogP contribution < -0.4 is 16.0 Å². The van der Waals surface area contributed by atoms with Crippen molar-refractivity contribution in [2.24, 2.45) is 5.73 Å². The van der Waals surface area contributed by atoms with E-state index in [9.17, 15) is 19.6 Å². The number of nitriles is 1. The van der Waals surface area contributed by atoms with Crippen molar-refractivity contribution in [3.05, 3.63) is 87.9 Å². The number of nitrogens with zero attached hydrogens (tertiary/aromatic N) is 2. The second kappa shape index (κ2) is 9.23. The number of carbonyl (C=O) groups is 3. The summed E-state index contributed by atoms with van der Waals surface area (Å²) in [6.45, 7) is 4.38. The van der Waals surface area contributed by atoms with E-state index in [-0.39, 0.29) is 28.6 Å². The molecule has 1 amide bonds. The monoisotopic (exact) mass is 486 g/mol. The van der Waals surface area contributed by atoms with Gasteiger partial charge in [0.05, 0.1) is 37.4 Å². The highest BCUT2D eigenvalue weighted by atomic mass is 16.5. The zero-order valence-electron chi connectivity index (χ0n) is 20.4. The Morgan fingerprint density at radius 3 is 2.39 bits per heavy atom. The number of hydrogen-bond donors (Lipinski definition) is 2. The van der Waals surface area contributed by atoms with E-state index in [0.717, 1.165) is 5.56 Å². The Kier molecular flexibility index (Phi) is 6.29. The molecule has 0 aliphatic carbocycles. The highest BCUT2D eigenvalue weighted by Crippen LogP contribution is 2.44. The fraction of sp³-hybridized carbons (Fsp3) is 0.259. The summed E-state index contributed by atoms with van der Waals surface area (Å²) in [5.74, 6) is -2.82. The molecule has 2 aromatic carbocycles. The molecular weight excluding hydrogens is 460 g/mol. The largest absolute Gasteiger partial charge is 0.466 e. The maximum absolute atomic E-state index is 13.2. The number of benzene rings is 2. The number of anilines is 1. The van der Waals surface area contributed by atoms with E-state index in [1.165, 1.54) is 19.1 Å². The molecule has 0 spiro atoms. The lowest BCUT2D eigenvalue weighted by Crippen LogP contribution is -2.44.